The average molecular weight is 297 g/mol. The number of nitrogens with zero attached hydrogens (tertiary/aromatic N) is 1. The van der Waals surface area contributed by atoms with Crippen molar-refractivity contribution in [2.24, 2.45) is 0 Å². The van der Waals surface area contributed by atoms with Gasteiger partial charge in [-0.2, -0.15) is 0 Å². The van der Waals surface area contributed by atoms with E-state index in [2.05, 4.69) is 4.98 Å². The molecular weight excluding hydrogens is 287 g/mol. The number of carbonyl (C=O) groups excluding carboxylic acids is 1. The molecule has 0 amide bonds. The Morgan fingerprint density at radius 3 is 2.65 bits per heavy atom. The first-order chi connectivity index (χ1) is 9.43. The molecule has 1 aromatic carbocycles. The van der Waals surface area contributed by atoms with E-state index in [4.69, 9.17) is 11.6 Å². The van der Waals surface area contributed by atoms with Crippen LogP contribution in [0.3, 0.4) is 0 Å². The van der Waals surface area contributed by atoms with Gasteiger partial charge in [0.15, 0.2) is 5.78 Å². The number of ketones is 1. The van der Waals surface area contributed by atoms with E-state index in [1.807, 2.05) is 0 Å². The summed E-state index contributed by atoms with van der Waals surface area (Å²) < 4.78 is 14.5. The number of benzene rings is 1. The Kier molecular flexibility index (Phi) is 3.85. The maximum Gasteiger partial charge on any atom is 0.333 e. The molecule has 0 atom stereocenters. The maximum absolute atomic E-state index is 13.8. The van der Waals surface area contributed by atoms with Gasteiger partial charge in [0.1, 0.15) is 5.82 Å². The normalized spacial score (nSPS) is 10.6. The molecule has 0 saturated heterocycles. The van der Waals surface area contributed by atoms with Crippen LogP contribution in [0.15, 0.2) is 33.9 Å². The highest BCUT2D eigenvalue weighted by Gasteiger charge is 2.13. The number of halogens is 2. The monoisotopic (exact) mass is 296 g/mol. The summed E-state index contributed by atoms with van der Waals surface area (Å²) in [5.41, 5.74) is -1.25. The number of hydrogen-bond donors (Lipinski definition) is 1. The first-order valence-electron chi connectivity index (χ1n) is 5.66. The van der Waals surface area contributed by atoms with Crippen LogP contribution in [0, 0.1) is 12.7 Å². The smallest absolute Gasteiger partial charge is 0.311 e. The molecule has 20 heavy (non-hydrogen) atoms. The van der Waals surface area contributed by atoms with Gasteiger partial charge in [-0.3, -0.25) is 9.59 Å². The summed E-state index contributed by atoms with van der Waals surface area (Å²) in [4.78, 5) is 37.5. The van der Waals surface area contributed by atoms with Crippen LogP contribution in [0.4, 0.5) is 4.39 Å². The second-order valence-electron chi connectivity index (χ2n) is 4.15. The first-order valence-corrected chi connectivity index (χ1v) is 6.19. The minimum absolute atomic E-state index is 0.128. The molecule has 1 aromatic heterocycles. The van der Waals surface area contributed by atoms with E-state index in [1.54, 1.807) is 0 Å². The molecule has 0 unspecified atom stereocenters. The van der Waals surface area contributed by atoms with Gasteiger partial charge in [0.25, 0.3) is 5.56 Å². The number of hydrogen-bond acceptors (Lipinski definition) is 3. The van der Waals surface area contributed by atoms with Gasteiger partial charge in [-0.15, -0.1) is 11.6 Å². The van der Waals surface area contributed by atoms with Gasteiger partial charge in [0, 0.05) is 17.3 Å². The third-order valence-electron chi connectivity index (χ3n) is 2.70. The minimum atomic E-state index is -0.785. The molecule has 0 aliphatic heterocycles. The maximum atomic E-state index is 13.8. The Morgan fingerprint density at radius 2 is 2.05 bits per heavy atom. The quantitative estimate of drug-likeness (QED) is 0.687. The molecule has 1 N–H and O–H groups in total. The number of aryl methyl sites for hydroxylation is 1. The van der Waals surface area contributed by atoms with Crippen molar-refractivity contribution in [3.05, 3.63) is 62.2 Å². The molecular formula is C13H10ClFN2O3. The van der Waals surface area contributed by atoms with E-state index >= 15 is 0 Å². The van der Waals surface area contributed by atoms with E-state index in [-0.39, 0.29) is 17.1 Å². The van der Waals surface area contributed by atoms with Crippen LogP contribution < -0.4 is 11.2 Å². The third kappa shape index (κ3) is 2.55. The lowest BCUT2D eigenvalue weighted by Crippen LogP contribution is -2.34. The number of rotatable bonds is 3. The molecule has 5 nitrogen and oxygen atoms in total. The van der Waals surface area contributed by atoms with Crippen molar-refractivity contribution in [3.8, 4) is 5.69 Å². The Morgan fingerprint density at radius 1 is 1.35 bits per heavy atom. The van der Waals surface area contributed by atoms with E-state index in [0.717, 1.165) is 18.2 Å². The number of carbonyl (C=O) groups is 1. The molecule has 1 heterocycles. The fourth-order valence-corrected chi connectivity index (χ4v) is 1.93. The van der Waals surface area contributed by atoms with E-state index < -0.39 is 22.8 Å². The lowest BCUT2D eigenvalue weighted by Gasteiger charge is -2.08. The fraction of sp³-hybridized carbons (Fsp3) is 0.154. The molecule has 0 fully saturated rings. The summed E-state index contributed by atoms with van der Waals surface area (Å²) >= 11 is 5.43. The SMILES string of the molecule is Cc1cc(=O)n(-c2cc(C(=O)CCl)ccc2F)c(=O)[nH]1. The number of aromatic nitrogens is 2. The Bertz CT molecular complexity index is 764. The molecule has 0 saturated carbocycles. The van der Waals surface area contributed by atoms with Crippen LogP contribution >= 0.6 is 11.6 Å². The third-order valence-corrected chi connectivity index (χ3v) is 2.94. The minimum Gasteiger partial charge on any atom is -0.311 e. The predicted octanol–water partition coefficient (Wildman–Crippen LogP) is 1.39. The van der Waals surface area contributed by atoms with Crippen molar-refractivity contribution >= 4 is 17.4 Å². The average Bonchev–Trinajstić information content (AvgIpc) is 2.38. The van der Waals surface area contributed by atoms with Crippen molar-refractivity contribution in [3.63, 3.8) is 0 Å². The molecule has 7 heteroatoms. The summed E-state index contributed by atoms with van der Waals surface area (Å²) in [6.45, 7) is 1.54. The van der Waals surface area contributed by atoms with Crippen LogP contribution in [-0.4, -0.2) is 21.2 Å². The van der Waals surface area contributed by atoms with Gasteiger partial charge in [-0.1, -0.05) is 0 Å². The highest BCUT2D eigenvalue weighted by atomic mass is 35.5. The highest BCUT2D eigenvalue weighted by Crippen LogP contribution is 2.13. The summed E-state index contributed by atoms with van der Waals surface area (Å²) in [5.74, 6) is -1.48. The number of alkyl halides is 1. The predicted molar refractivity (Wildman–Crippen MR) is 72.4 cm³/mol. The second-order valence-corrected chi connectivity index (χ2v) is 4.42. The van der Waals surface area contributed by atoms with Crippen LogP contribution in [0.5, 0.6) is 0 Å². The topological polar surface area (TPSA) is 71.9 Å². The molecule has 0 aliphatic rings. The van der Waals surface area contributed by atoms with Crippen LogP contribution in [0.2, 0.25) is 0 Å². The van der Waals surface area contributed by atoms with Gasteiger partial charge in [-0.25, -0.2) is 13.8 Å². The van der Waals surface area contributed by atoms with Crippen molar-refractivity contribution in [1.82, 2.24) is 9.55 Å². The van der Waals surface area contributed by atoms with Gasteiger partial charge in [-0.05, 0) is 25.1 Å². The van der Waals surface area contributed by atoms with Gasteiger partial charge in [0.2, 0.25) is 0 Å². The van der Waals surface area contributed by atoms with Gasteiger partial charge >= 0.3 is 5.69 Å². The van der Waals surface area contributed by atoms with E-state index in [9.17, 15) is 18.8 Å². The van der Waals surface area contributed by atoms with E-state index in [0.29, 0.717) is 10.3 Å². The fourth-order valence-electron chi connectivity index (χ4n) is 1.77. The van der Waals surface area contributed by atoms with Crippen molar-refractivity contribution in [1.29, 1.82) is 0 Å². The zero-order chi connectivity index (χ0) is 14.9. The lowest BCUT2D eigenvalue weighted by atomic mass is 10.1. The number of nitrogens with one attached hydrogen (secondary N) is 1. The molecule has 2 aromatic rings. The van der Waals surface area contributed by atoms with Crippen molar-refractivity contribution in [2.75, 3.05) is 5.88 Å². The summed E-state index contributed by atoms with van der Waals surface area (Å²) in [6.07, 6.45) is 0. The van der Waals surface area contributed by atoms with Crippen LogP contribution in [0.1, 0.15) is 16.1 Å². The first kappa shape index (κ1) is 14.2. The van der Waals surface area contributed by atoms with Gasteiger partial charge in [0.05, 0.1) is 11.6 Å². The molecule has 0 radical (unpaired) electrons. The number of Topliss-reactive ketones (excluding diaryl/α,β-unsaturated/α-hetero) is 1. The molecule has 104 valence electrons. The second kappa shape index (κ2) is 5.42. The zero-order valence-electron chi connectivity index (χ0n) is 10.4. The molecule has 0 bridgehead atoms. The molecule has 2 rings (SSSR count). The van der Waals surface area contributed by atoms with Gasteiger partial charge < -0.3 is 4.98 Å². The van der Waals surface area contributed by atoms with Crippen molar-refractivity contribution in [2.45, 2.75) is 6.92 Å². The van der Waals surface area contributed by atoms with Crippen molar-refractivity contribution < 1.29 is 9.18 Å². The Balaban J connectivity index is 2.73. The summed E-state index contributed by atoms with van der Waals surface area (Å²) in [6, 6.07) is 4.56. The number of H-pyrrole nitrogens is 1. The van der Waals surface area contributed by atoms with Crippen LogP contribution in [-0.2, 0) is 0 Å². The Labute approximate surface area is 117 Å². The molecule has 0 aliphatic carbocycles. The highest BCUT2D eigenvalue weighted by molar-refractivity contribution is 6.30. The Hall–Kier alpha value is -2.21. The summed E-state index contributed by atoms with van der Waals surface area (Å²) in [5, 5.41) is 0. The summed E-state index contributed by atoms with van der Waals surface area (Å²) in [7, 11) is 0. The van der Waals surface area contributed by atoms with E-state index in [1.165, 1.54) is 13.0 Å². The van der Waals surface area contributed by atoms with Crippen LogP contribution in [0.25, 0.3) is 5.69 Å². The standard InChI is InChI=1S/C13H10ClFN2O3/c1-7-4-12(19)17(13(20)16-7)10-5-8(11(18)6-14)2-3-9(10)15/h2-5H,6H2,1H3,(H,16,20). The number of aromatic amines is 1. The largest absolute Gasteiger partial charge is 0.333 e. The lowest BCUT2D eigenvalue weighted by molar-refractivity contribution is 0.102. The molecule has 0 spiro atoms. The zero-order valence-corrected chi connectivity index (χ0v) is 11.2.